The van der Waals surface area contributed by atoms with Gasteiger partial charge in [0.05, 0.1) is 37.8 Å². The number of phenolic OH excluding ortho intramolecular Hbond substituents is 1. The number of halogens is 1. The predicted molar refractivity (Wildman–Crippen MR) is 331 cm³/mol. The Kier molecular flexibility index (Phi) is 24.5. The summed E-state index contributed by atoms with van der Waals surface area (Å²) in [6.07, 6.45) is 4.11. The Morgan fingerprint density at radius 3 is 2.35 bits per heavy atom. The number of amides is 7. The molecule has 4 bridgehead atoms. The van der Waals surface area contributed by atoms with Crippen molar-refractivity contribution in [3.8, 4) is 11.5 Å². The van der Waals surface area contributed by atoms with E-state index in [0.717, 1.165) is 28.5 Å². The molecule has 0 radical (unpaired) electrons. The number of ketones is 1. The molecule has 0 aromatic heterocycles. The average Bonchev–Trinajstić information content (AvgIpc) is 1.73. The second kappa shape index (κ2) is 30.6. The third-order valence-corrected chi connectivity index (χ3v) is 18.2. The third-order valence-electron chi connectivity index (χ3n) is 17.5. The number of aromatic hydroxyl groups is 1. The van der Waals surface area contributed by atoms with Crippen LogP contribution in [0.2, 0.25) is 5.02 Å². The number of ether oxygens (including phenoxy) is 5. The lowest BCUT2D eigenvalue weighted by atomic mass is 9.78. The third kappa shape index (κ3) is 17.5. The highest BCUT2D eigenvalue weighted by Crippen LogP contribution is 2.50. The van der Waals surface area contributed by atoms with Gasteiger partial charge in [0.2, 0.25) is 23.6 Å². The van der Waals surface area contributed by atoms with Gasteiger partial charge in [-0.15, -0.1) is 0 Å². The highest BCUT2D eigenvalue weighted by molar-refractivity contribution is 7.80. The fraction of sp³-hybridized carbons (Fsp3) is 0.594. The van der Waals surface area contributed by atoms with Gasteiger partial charge < -0.3 is 60.1 Å². The Morgan fingerprint density at radius 1 is 1.00 bits per heavy atom. The molecule has 482 valence electrons. The van der Waals surface area contributed by atoms with Crippen molar-refractivity contribution in [1.29, 1.82) is 0 Å². The number of imide groups is 1. The topological polar surface area (TPSA) is 303 Å². The van der Waals surface area contributed by atoms with E-state index in [4.69, 9.17) is 53.2 Å². The number of nitrogens with zero attached hydrogens (tertiary/aromatic N) is 3. The number of unbranched alkanes of at least 4 members (excludes halogenated alkanes) is 2. The van der Waals surface area contributed by atoms with Gasteiger partial charge >= 0.3 is 18.0 Å². The van der Waals surface area contributed by atoms with Crippen LogP contribution in [0.4, 0.5) is 10.5 Å². The number of likely N-dealkylation sites (N-methyl/N-ethyl adjacent to an activating group) is 1. The quantitative estimate of drug-likeness (QED) is 0.0237. The van der Waals surface area contributed by atoms with Crippen molar-refractivity contribution in [2.24, 2.45) is 29.4 Å². The van der Waals surface area contributed by atoms with Crippen molar-refractivity contribution < 1.29 is 77.0 Å². The number of phenols is 1. The van der Waals surface area contributed by atoms with E-state index in [1.54, 1.807) is 45.1 Å². The molecule has 4 aliphatic heterocycles. The smallest absolute Gasteiger partial charge is 0.328 e. The number of primary amides is 1. The highest BCUT2D eigenvalue weighted by Gasteiger charge is 2.64. The van der Waals surface area contributed by atoms with Gasteiger partial charge in [0, 0.05) is 82.4 Å². The number of Topliss-reactive ketones (excluding diaryl/α,β-unsaturated/α-hetero) is 1. The van der Waals surface area contributed by atoms with Crippen molar-refractivity contribution >= 4 is 87.7 Å². The number of hydrogen-bond acceptors (Lipinski definition) is 17. The van der Waals surface area contributed by atoms with E-state index >= 15 is 0 Å². The summed E-state index contributed by atoms with van der Waals surface area (Å²) in [6.45, 7) is 12.7. The Labute approximate surface area is 525 Å². The van der Waals surface area contributed by atoms with Crippen LogP contribution in [-0.4, -0.2) is 167 Å². The number of methoxy groups -OCH3 is 2. The molecule has 2 aromatic carbocycles. The number of carbonyl (C=O) groups excluding carboxylic acids is 9. The zero-order valence-corrected chi connectivity index (χ0v) is 53.9. The van der Waals surface area contributed by atoms with Crippen LogP contribution >= 0.6 is 23.8 Å². The van der Waals surface area contributed by atoms with E-state index in [-0.39, 0.29) is 91.3 Å². The first-order valence-electron chi connectivity index (χ1n) is 30.0. The second-order valence-electron chi connectivity index (χ2n) is 24.5. The summed E-state index contributed by atoms with van der Waals surface area (Å²) in [7, 11) is 5.78. The minimum absolute atomic E-state index is 0.0271. The Bertz CT molecular complexity index is 3050. The van der Waals surface area contributed by atoms with E-state index < -0.39 is 113 Å². The van der Waals surface area contributed by atoms with Gasteiger partial charge in [-0.25, -0.2) is 9.59 Å². The molecule has 6 rings (SSSR count). The summed E-state index contributed by atoms with van der Waals surface area (Å²) in [5.41, 5.74) is 4.29. The molecular weight excluding hydrogens is 1180 g/mol. The molecule has 4 heterocycles. The van der Waals surface area contributed by atoms with Crippen molar-refractivity contribution in [1.82, 2.24) is 20.4 Å². The number of fused-ring (bicyclic) bond motifs is 5. The van der Waals surface area contributed by atoms with Crippen LogP contribution < -0.4 is 26.0 Å². The second-order valence-corrected chi connectivity index (χ2v) is 25.5. The maximum atomic E-state index is 14.5. The van der Waals surface area contributed by atoms with Crippen LogP contribution in [0, 0.1) is 23.7 Å². The fourth-order valence-electron chi connectivity index (χ4n) is 11.7. The van der Waals surface area contributed by atoms with Crippen LogP contribution in [0.5, 0.6) is 11.5 Å². The molecule has 2 aromatic rings. The van der Waals surface area contributed by atoms with Crippen LogP contribution in [0.15, 0.2) is 54.1 Å². The molecule has 0 aliphatic carbocycles. The summed E-state index contributed by atoms with van der Waals surface area (Å²) < 4.78 is 29.8. The number of nitrogens with two attached hydrogens (primary N) is 1. The maximum absolute atomic E-state index is 14.5. The molecule has 1 unspecified atom stereocenters. The zero-order valence-electron chi connectivity index (χ0n) is 52.3. The number of anilines is 1. The number of nitrogens with one attached hydrogen (secondary N) is 2. The normalized spacial score (nSPS) is 26.0. The van der Waals surface area contributed by atoms with Gasteiger partial charge in [-0.1, -0.05) is 87.8 Å². The van der Waals surface area contributed by atoms with Crippen LogP contribution in [0.25, 0.3) is 0 Å². The van der Waals surface area contributed by atoms with Gasteiger partial charge in [0.15, 0.2) is 5.78 Å². The standard InChI is InChI=1S/C64H87ClN6O16S/c1-35(2)44(31-43(88)18-13-12-14-24-71-54(75)26-37(4)59(71)78)58(77)68-45(19-16-23-67-62(66)81)48(73)29-41-21-22-42(30-47(41)72)60(79)69(8)39(6)61(80)86-52-32-53(74)70(9)46-27-40(28-49(83-10)56(46)65)25-36(3)17-15-20-51(84-11)64(82)33-50(85-55(76)34-64)38(5)57-63(52,7)87-57/h15,17,20-22,27-28,30,35,37-39,44-45,50-52,57,72,82H,12-14,16,18-19,23-26,29,31-34H2,1-11H3,(H,68,77)(H3,66,67,81)/b20-15+,36-17+/t37?,38-,39+,44+,45+,50+,51-,52+,57+,63+,64-/m1/s1. The molecule has 22 nitrogen and oxygen atoms in total. The lowest BCUT2D eigenvalue weighted by molar-refractivity contribution is -0.187. The Morgan fingerprint density at radius 2 is 1.72 bits per heavy atom. The van der Waals surface area contributed by atoms with Gasteiger partial charge in [-0.05, 0) is 106 Å². The van der Waals surface area contributed by atoms with Crippen LogP contribution in [0.3, 0.4) is 0 Å². The fourth-order valence-corrected chi connectivity index (χ4v) is 12.4. The van der Waals surface area contributed by atoms with Gasteiger partial charge in [-0.2, -0.15) is 0 Å². The highest BCUT2D eigenvalue weighted by atomic mass is 35.5. The number of esters is 2. The molecule has 24 heteroatoms. The van der Waals surface area contributed by atoms with Gasteiger partial charge in [0.1, 0.15) is 52.1 Å². The molecular formula is C64H87ClN6O16S. The Balaban J connectivity index is 1.16. The van der Waals surface area contributed by atoms with Crippen molar-refractivity contribution in [3.05, 3.63) is 75.8 Å². The maximum Gasteiger partial charge on any atom is 0.328 e. The lowest BCUT2D eigenvalue weighted by Gasteiger charge is -2.41. The first-order valence-corrected chi connectivity index (χ1v) is 30.8. The largest absolute Gasteiger partial charge is 0.508 e. The number of aliphatic hydroxyl groups is 1. The number of likely N-dealkylation sites (tertiary alicyclic amines) is 1. The van der Waals surface area contributed by atoms with E-state index in [0.29, 0.717) is 48.5 Å². The number of thiocarbonyl (C=S) groups is 1. The summed E-state index contributed by atoms with van der Waals surface area (Å²) in [6, 6.07) is 4.34. The molecule has 88 heavy (non-hydrogen) atoms. The summed E-state index contributed by atoms with van der Waals surface area (Å²) in [5.74, 6) is -5.78. The summed E-state index contributed by atoms with van der Waals surface area (Å²) in [5, 5.41) is 29.0. The number of epoxide rings is 1. The minimum Gasteiger partial charge on any atom is -0.508 e. The summed E-state index contributed by atoms with van der Waals surface area (Å²) in [4.78, 5) is 125. The number of hydrogen-bond donors (Lipinski definition) is 5. The first-order chi connectivity index (χ1) is 41.4. The van der Waals surface area contributed by atoms with Crippen molar-refractivity contribution in [2.45, 2.75) is 180 Å². The number of allylic oxidation sites excluding steroid dienone is 3. The van der Waals surface area contributed by atoms with Crippen LogP contribution in [0.1, 0.15) is 141 Å². The first kappa shape index (κ1) is 70.3. The molecule has 3 fully saturated rings. The molecule has 0 spiro atoms. The monoisotopic (exact) mass is 1260 g/mol. The predicted octanol–water partition coefficient (Wildman–Crippen LogP) is 6.82. The molecule has 0 saturated carbocycles. The molecule has 7 amide bonds. The number of rotatable bonds is 24. The average molecular weight is 1260 g/mol. The van der Waals surface area contributed by atoms with E-state index in [9.17, 15) is 53.4 Å². The molecule has 3 saturated heterocycles. The van der Waals surface area contributed by atoms with Gasteiger partial charge in [0.25, 0.3) is 5.91 Å². The molecule has 11 atom stereocenters. The summed E-state index contributed by atoms with van der Waals surface area (Å²) >= 11 is 12.6. The molecule has 4 aliphatic rings. The lowest BCUT2D eigenvalue weighted by Crippen LogP contribution is -2.53. The zero-order chi connectivity index (χ0) is 65.1. The van der Waals surface area contributed by atoms with Crippen LogP contribution in [-0.2, 0) is 65.4 Å². The number of urea groups is 1. The van der Waals surface area contributed by atoms with Crippen molar-refractivity contribution in [2.75, 3.05) is 46.3 Å². The van der Waals surface area contributed by atoms with E-state index in [2.05, 4.69) is 10.6 Å². The van der Waals surface area contributed by atoms with Gasteiger partial charge in [-0.3, -0.25) is 38.5 Å². The Hall–Kier alpha value is -6.79. The SMILES string of the molecule is COc1cc2cc(c1Cl)N(C)C(=O)C[C@H](OC(=O)[C@H](C)N(C)C(=O)c1ccc(CC(=O)[C@H](CCCNC(N)=O)NC(=O)[C@@H](CC(=S)CCCCCN3C(=O)CC(C)C3=O)C(C)C)c(O)c1)[C@]1(C)O[C@H]1[C@H](C)[C@@H]1C[C@@](O)(CC(=O)O1)[C@H](OC)/C=C/C=C(\C)C2. The van der Waals surface area contributed by atoms with E-state index in [1.807, 2.05) is 26.8 Å². The number of carbonyl (C=O) groups is 9. The number of benzene rings is 2. The van der Waals surface area contributed by atoms with Crippen molar-refractivity contribution in [3.63, 3.8) is 0 Å². The van der Waals surface area contributed by atoms with E-state index in [1.165, 1.54) is 57.2 Å². The molecule has 6 N–H and O–H groups in total. The minimum atomic E-state index is -1.67.